The van der Waals surface area contributed by atoms with E-state index in [4.69, 9.17) is 4.74 Å². The van der Waals surface area contributed by atoms with Crippen molar-refractivity contribution in [2.45, 2.75) is 11.8 Å². The summed E-state index contributed by atoms with van der Waals surface area (Å²) in [4.78, 5) is 51.6. The highest BCUT2D eigenvalue weighted by atomic mass is 79.9. The summed E-state index contributed by atoms with van der Waals surface area (Å²) in [5.74, 6) is -2.93. The topological polar surface area (TPSA) is 77.5 Å². The van der Waals surface area contributed by atoms with Crippen molar-refractivity contribution in [3.05, 3.63) is 80.1 Å². The Bertz CT molecular complexity index is 1140. The van der Waals surface area contributed by atoms with E-state index in [1.165, 1.54) is 19.3 Å². The first-order chi connectivity index (χ1) is 13.0. The lowest BCUT2D eigenvalue weighted by atomic mass is 9.56. The Balaban J connectivity index is 1.86. The number of methoxy groups -OCH3 is 1. The molecule has 0 aromatic heterocycles. The van der Waals surface area contributed by atoms with Gasteiger partial charge in [-0.15, -0.1) is 0 Å². The molecule has 0 saturated heterocycles. The molecule has 6 rings (SSSR count). The molecule has 6 heteroatoms. The summed E-state index contributed by atoms with van der Waals surface area (Å²) in [5.41, 5.74) is 2.71. The Kier molecular flexibility index (Phi) is 3.22. The molecule has 1 aromatic rings. The molecule has 27 heavy (non-hydrogen) atoms. The fraction of sp³-hybridized carbons (Fsp3) is 0.143. The van der Waals surface area contributed by atoms with E-state index < -0.39 is 17.6 Å². The van der Waals surface area contributed by atoms with Crippen molar-refractivity contribution in [2.24, 2.45) is 0 Å². The number of rotatable bonds is 1. The number of ketones is 4. The van der Waals surface area contributed by atoms with E-state index in [0.717, 1.165) is 11.1 Å². The van der Waals surface area contributed by atoms with Gasteiger partial charge in [-0.3, -0.25) is 19.2 Å². The van der Waals surface area contributed by atoms with Crippen LogP contribution >= 0.6 is 15.9 Å². The van der Waals surface area contributed by atoms with Crippen LogP contribution in [-0.2, 0) is 23.9 Å². The molecule has 0 heterocycles. The van der Waals surface area contributed by atoms with Crippen LogP contribution in [0.1, 0.15) is 23.0 Å². The SMILES string of the molecule is COC1=C(Br)C(=O)C2=C(C1=O)C1C3=C(C(=O)C=CC3=O)C2c2ccccc21. The monoisotopic (exact) mass is 422 g/mol. The average Bonchev–Trinajstić information content (AvgIpc) is 2.68. The van der Waals surface area contributed by atoms with Crippen molar-refractivity contribution in [3.63, 3.8) is 0 Å². The zero-order chi connectivity index (χ0) is 19.0. The zero-order valence-corrected chi connectivity index (χ0v) is 15.6. The van der Waals surface area contributed by atoms with E-state index in [9.17, 15) is 19.2 Å². The lowest BCUT2D eigenvalue weighted by Crippen LogP contribution is -2.41. The fourth-order valence-electron chi connectivity index (χ4n) is 4.58. The summed E-state index contributed by atoms with van der Waals surface area (Å²) in [6.07, 6.45) is 2.48. The van der Waals surface area contributed by atoms with Gasteiger partial charge < -0.3 is 4.74 Å². The second-order valence-electron chi connectivity index (χ2n) is 6.72. The second kappa shape index (κ2) is 5.33. The second-order valence-corrected chi connectivity index (χ2v) is 7.51. The first-order valence-electron chi connectivity index (χ1n) is 8.34. The van der Waals surface area contributed by atoms with Crippen molar-refractivity contribution in [1.29, 1.82) is 0 Å². The average molecular weight is 423 g/mol. The molecule has 0 N–H and O–H groups in total. The van der Waals surface area contributed by atoms with Gasteiger partial charge in [0.25, 0.3) is 0 Å². The van der Waals surface area contributed by atoms with Crippen molar-refractivity contribution >= 4 is 39.1 Å². The molecule has 0 saturated carbocycles. The summed E-state index contributed by atoms with van der Waals surface area (Å²) < 4.78 is 5.21. The van der Waals surface area contributed by atoms with E-state index in [0.29, 0.717) is 11.1 Å². The van der Waals surface area contributed by atoms with Gasteiger partial charge >= 0.3 is 0 Å². The van der Waals surface area contributed by atoms with E-state index in [1.807, 2.05) is 24.3 Å². The van der Waals surface area contributed by atoms with Crippen molar-refractivity contribution in [1.82, 2.24) is 0 Å². The highest BCUT2D eigenvalue weighted by Crippen LogP contribution is 2.59. The first-order valence-corrected chi connectivity index (χ1v) is 9.13. The number of hydrogen-bond donors (Lipinski definition) is 0. The summed E-state index contributed by atoms with van der Waals surface area (Å²) in [7, 11) is 1.32. The summed E-state index contributed by atoms with van der Waals surface area (Å²) in [6.45, 7) is 0. The van der Waals surface area contributed by atoms with E-state index in [1.54, 1.807) is 0 Å². The van der Waals surface area contributed by atoms with Gasteiger partial charge in [0.15, 0.2) is 17.3 Å². The number of benzene rings is 1. The van der Waals surface area contributed by atoms with Crippen LogP contribution < -0.4 is 0 Å². The van der Waals surface area contributed by atoms with Crippen LogP contribution in [0.3, 0.4) is 0 Å². The number of carbonyl (C=O) groups is 4. The highest BCUT2D eigenvalue weighted by molar-refractivity contribution is 9.12. The molecule has 5 aliphatic rings. The predicted molar refractivity (Wildman–Crippen MR) is 98.1 cm³/mol. The maximum absolute atomic E-state index is 13.1. The van der Waals surface area contributed by atoms with E-state index >= 15 is 0 Å². The molecule has 2 bridgehead atoms. The Labute approximate surface area is 162 Å². The molecule has 5 aliphatic carbocycles. The van der Waals surface area contributed by atoms with E-state index in [-0.39, 0.29) is 38.7 Å². The van der Waals surface area contributed by atoms with Crippen LogP contribution in [0.25, 0.3) is 0 Å². The fourth-order valence-corrected chi connectivity index (χ4v) is 5.14. The summed E-state index contributed by atoms with van der Waals surface area (Å²) >= 11 is 3.18. The zero-order valence-electron chi connectivity index (χ0n) is 14.0. The molecule has 2 unspecified atom stereocenters. The van der Waals surface area contributed by atoms with Gasteiger partial charge in [0.05, 0.1) is 7.11 Å². The molecule has 1 aromatic carbocycles. The summed E-state index contributed by atoms with van der Waals surface area (Å²) in [6, 6.07) is 7.33. The third kappa shape index (κ3) is 1.83. The Hall–Kier alpha value is -2.86. The molecular weight excluding hydrogens is 412 g/mol. The van der Waals surface area contributed by atoms with Crippen LogP contribution in [0.15, 0.2) is 69.0 Å². The third-order valence-electron chi connectivity index (χ3n) is 5.57. The molecule has 0 aliphatic heterocycles. The standard InChI is InChI=1S/C21H11BrO5/c1-27-21-18(22)19(25)16-12-8-4-2-3-5-9(8)13(17(16)20(21)26)15-11(24)7-6-10(23)14(12)15/h2-7,12-13H,1H3. The smallest absolute Gasteiger partial charge is 0.226 e. The Morgan fingerprint density at radius 1 is 0.778 bits per heavy atom. The van der Waals surface area contributed by atoms with E-state index in [2.05, 4.69) is 15.9 Å². The minimum atomic E-state index is -0.736. The molecule has 2 atom stereocenters. The maximum atomic E-state index is 13.1. The van der Waals surface area contributed by atoms with Crippen molar-refractivity contribution in [2.75, 3.05) is 7.11 Å². The third-order valence-corrected chi connectivity index (χ3v) is 6.29. The summed E-state index contributed by atoms with van der Waals surface area (Å²) in [5, 5.41) is 0. The van der Waals surface area contributed by atoms with Gasteiger partial charge in [-0.05, 0) is 39.2 Å². The Morgan fingerprint density at radius 2 is 1.26 bits per heavy atom. The van der Waals surface area contributed by atoms with Crippen LogP contribution in [0.2, 0.25) is 0 Å². The van der Waals surface area contributed by atoms with Gasteiger partial charge in [0, 0.05) is 34.1 Å². The van der Waals surface area contributed by atoms with Gasteiger partial charge in [-0.25, -0.2) is 0 Å². The minimum absolute atomic E-state index is 0.0473. The molecular formula is C21H11BrO5. The molecule has 0 fully saturated rings. The molecule has 0 amide bonds. The molecule has 5 nitrogen and oxygen atoms in total. The number of halogens is 1. The number of ether oxygens (including phenoxy) is 1. The molecule has 132 valence electrons. The number of Topliss-reactive ketones (excluding diaryl/α,β-unsaturated/α-hetero) is 2. The van der Waals surface area contributed by atoms with Crippen LogP contribution in [0, 0.1) is 0 Å². The highest BCUT2D eigenvalue weighted by Gasteiger charge is 2.54. The normalized spacial score (nSPS) is 25.9. The van der Waals surface area contributed by atoms with Gasteiger partial charge in [-0.1, -0.05) is 24.3 Å². The Morgan fingerprint density at radius 3 is 1.74 bits per heavy atom. The quantitative estimate of drug-likeness (QED) is 0.650. The van der Waals surface area contributed by atoms with Crippen LogP contribution in [0.4, 0.5) is 0 Å². The van der Waals surface area contributed by atoms with Crippen molar-refractivity contribution in [3.8, 4) is 0 Å². The largest absolute Gasteiger partial charge is 0.491 e. The van der Waals surface area contributed by atoms with Crippen molar-refractivity contribution < 1.29 is 23.9 Å². The minimum Gasteiger partial charge on any atom is -0.491 e. The number of carbonyl (C=O) groups excluding carboxylic acids is 4. The number of hydrogen-bond acceptors (Lipinski definition) is 5. The molecule has 0 spiro atoms. The van der Waals surface area contributed by atoms with Crippen LogP contribution in [-0.4, -0.2) is 30.2 Å². The van der Waals surface area contributed by atoms with Gasteiger partial charge in [0.2, 0.25) is 11.6 Å². The van der Waals surface area contributed by atoms with Crippen LogP contribution in [0.5, 0.6) is 0 Å². The lowest BCUT2D eigenvalue weighted by Gasteiger charge is -2.44. The predicted octanol–water partition coefficient (Wildman–Crippen LogP) is 2.59. The number of allylic oxidation sites excluding steroid dienone is 7. The van der Waals surface area contributed by atoms with Gasteiger partial charge in [-0.2, -0.15) is 0 Å². The lowest BCUT2D eigenvalue weighted by molar-refractivity contribution is -0.119. The first kappa shape index (κ1) is 16.3. The maximum Gasteiger partial charge on any atom is 0.226 e. The van der Waals surface area contributed by atoms with Gasteiger partial charge in [0.1, 0.15) is 4.48 Å². The molecule has 0 radical (unpaired) electrons.